The first-order chi connectivity index (χ1) is 10.3. The third kappa shape index (κ3) is 4.80. The van der Waals surface area contributed by atoms with Gasteiger partial charge in [0.05, 0.1) is 0 Å². The van der Waals surface area contributed by atoms with Gasteiger partial charge in [-0.15, -0.1) is 0 Å². The molecular formula is C18H29N3. The van der Waals surface area contributed by atoms with Gasteiger partial charge in [-0.3, -0.25) is 4.90 Å². The van der Waals surface area contributed by atoms with E-state index in [1.54, 1.807) is 0 Å². The third-order valence-corrected chi connectivity index (χ3v) is 4.57. The number of nitrogens with zero attached hydrogens (tertiary/aromatic N) is 2. The molecule has 1 N–H and O–H groups in total. The topological polar surface area (TPSA) is 18.5 Å². The van der Waals surface area contributed by atoms with E-state index in [0.29, 0.717) is 0 Å². The van der Waals surface area contributed by atoms with E-state index in [-0.39, 0.29) is 0 Å². The molecule has 3 rings (SSSR count). The molecule has 1 saturated carbocycles. The predicted octanol–water partition coefficient (Wildman–Crippen LogP) is 2.47. The molecule has 2 fully saturated rings. The molecule has 0 unspecified atom stereocenters. The van der Waals surface area contributed by atoms with Crippen molar-refractivity contribution >= 4 is 0 Å². The van der Waals surface area contributed by atoms with Crippen LogP contribution in [0.1, 0.15) is 37.3 Å². The van der Waals surface area contributed by atoms with Crippen molar-refractivity contribution in [2.24, 2.45) is 0 Å². The second-order valence-corrected chi connectivity index (χ2v) is 6.59. The van der Waals surface area contributed by atoms with Gasteiger partial charge in [-0.05, 0) is 36.9 Å². The highest BCUT2D eigenvalue weighted by molar-refractivity contribution is 5.23. The van der Waals surface area contributed by atoms with Crippen LogP contribution in [0.2, 0.25) is 0 Å². The Morgan fingerprint density at radius 1 is 1.05 bits per heavy atom. The van der Waals surface area contributed by atoms with Gasteiger partial charge in [0.15, 0.2) is 0 Å². The van der Waals surface area contributed by atoms with Gasteiger partial charge in [-0.25, -0.2) is 0 Å². The molecule has 0 radical (unpaired) electrons. The summed E-state index contributed by atoms with van der Waals surface area (Å²) in [6.45, 7) is 10.6. The number of hydrogen-bond donors (Lipinski definition) is 1. The molecule has 0 aromatic heterocycles. The molecule has 1 aromatic carbocycles. The van der Waals surface area contributed by atoms with E-state index in [1.165, 1.54) is 63.1 Å². The summed E-state index contributed by atoms with van der Waals surface area (Å²) in [6.07, 6.45) is 4.00. The first kappa shape index (κ1) is 15.0. The average molecular weight is 287 g/mol. The Morgan fingerprint density at radius 3 is 2.48 bits per heavy atom. The van der Waals surface area contributed by atoms with E-state index in [4.69, 9.17) is 0 Å². The molecular weight excluding hydrogens is 258 g/mol. The van der Waals surface area contributed by atoms with Crippen molar-refractivity contribution < 1.29 is 0 Å². The van der Waals surface area contributed by atoms with E-state index in [1.807, 2.05) is 0 Å². The lowest BCUT2D eigenvalue weighted by molar-refractivity contribution is 0.127. The van der Waals surface area contributed by atoms with Gasteiger partial charge < -0.3 is 10.2 Å². The van der Waals surface area contributed by atoms with Gasteiger partial charge in [-0.1, -0.05) is 31.2 Å². The van der Waals surface area contributed by atoms with Crippen molar-refractivity contribution in [1.82, 2.24) is 15.1 Å². The zero-order valence-corrected chi connectivity index (χ0v) is 13.4. The lowest BCUT2D eigenvalue weighted by Crippen LogP contribution is -2.45. The summed E-state index contributed by atoms with van der Waals surface area (Å²) in [5, 5.41) is 3.60. The molecule has 3 nitrogen and oxygen atoms in total. The van der Waals surface area contributed by atoms with E-state index >= 15 is 0 Å². The summed E-state index contributed by atoms with van der Waals surface area (Å²) in [4.78, 5) is 5.19. The van der Waals surface area contributed by atoms with Gasteiger partial charge >= 0.3 is 0 Å². The zero-order chi connectivity index (χ0) is 14.5. The van der Waals surface area contributed by atoms with Gasteiger partial charge in [-0.2, -0.15) is 0 Å². The van der Waals surface area contributed by atoms with Crippen molar-refractivity contribution in [3.05, 3.63) is 35.4 Å². The lowest BCUT2D eigenvalue weighted by Gasteiger charge is -2.34. The summed E-state index contributed by atoms with van der Waals surface area (Å²) in [5.74, 6) is 0. The number of benzene rings is 1. The van der Waals surface area contributed by atoms with Gasteiger partial charge in [0.1, 0.15) is 0 Å². The molecule has 0 spiro atoms. The summed E-state index contributed by atoms with van der Waals surface area (Å²) >= 11 is 0. The van der Waals surface area contributed by atoms with Gasteiger partial charge in [0.2, 0.25) is 0 Å². The van der Waals surface area contributed by atoms with Crippen LogP contribution in [0.25, 0.3) is 0 Å². The molecule has 0 bridgehead atoms. The Balaban J connectivity index is 1.47. The maximum atomic E-state index is 3.60. The fourth-order valence-electron chi connectivity index (χ4n) is 3.13. The maximum Gasteiger partial charge on any atom is 0.0234 e. The molecule has 0 atom stereocenters. The number of piperazine rings is 1. The highest BCUT2D eigenvalue weighted by Gasteiger charge is 2.20. The normalized spacial score (nSPS) is 20.8. The molecule has 116 valence electrons. The maximum absolute atomic E-state index is 3.60. The van der Waals surface area contributed by atoms with Crippen molar-refractivity contribution in [3.63, 3.8) is 0 Å². The quantitative estimate of drug-likeness (QED) is 0.831. The van der Waals surface area contributed by atoms with Crippen LogP contribution in [-0.2, 0) is 13.1 Å². The van der Waals surface area contributed by atoms with Crippen molar-refractivity contribution in [2.45, 2.75) is 45.3 Å². The standard InChI is InChI=1S/C18H29N3/c1-2-8-20-9-11-21(12-10-20)15-17-5-3-4-16(13-17)14-19-18-6-7-18/h3-5,13,18-19H,2,6-12,14-15H2,1H3. The third-order valence-electron chi connectivity index (χ3n) is 4.57. The predicted molar refractivity (Wildman–Crippen MR) is 88.3 cm³/mol. The molecule has 0 amide bonds. The van der Waals surface area contributed by atoms with Crippen LogP contribution in [0, 0.1) is 0 Å². The fourth-order valence-corrected chi connectivity index (χ4v) is 3.13. The molecule has 21 heavy (non-hydrogen) atoms. The Labute approximate surface area is 129 Å². The Bertz CT molecular complexity index is 434. The second-order valence-electron chi connectivity index (χ2n) is 6.59. The molecule has 1 aliphatic carbocycles. The number of nitrogens with one attached hydrogen (secondary N) is 1. The van der Waals surface area contributed by atoms with Crippen LogP contribution < -0.4 is 5.32 Å². The van der Waals surface area contributed by atoms with E-state index < -0.39 is 0 Å². The molecule has 3 heteroatoms. The SMILES string of the molecule is CCCN1CCN(Cc2cccc(CNC3CC3)c2)CC1. The smallest absolute Gasteiger partial charge is 0.0234 e. The molecule has 1 aromatic rings. The van der Waals surface area contributed by atoms with Crippen LogP contribution in [0.15, 0.2) is 24.3 Å². The second kappa shape index (κ2) is 7.39. The van der Waals surface area contributed by atoms with Gasteiger partial charge in [0, 0.05) is 45.3 Å². The molecule has 1 heterocycles. The van der Waals surface area contributed by atoms with Crippen LogP contribution >= 0.6 is 0 Å². The van der Waals surface area contributed by atoms with Crippen LogP contribution in [-0.4, -0.2) is 48.6 Å². The zero-order valence-electron chi connectivity index (χ0n) is 13.4. The van der Waals surface area contributed by atoms with Crippen LogP contribution in [0.3, 0.4) is 0 Å². The fraction of sp³-hybridized carbons (Fsp3) is 0.667. The Hall–Kier alpha value is -0.900. The first-order valence-electron chi connectivity index (χ1n) is 8.59. The van der Waals surface area contributed by atoms with Crippen molar-refractivity contribution in [2.75, 3.05) is 32.7 Å². The lowest BCUT2D eigenvalue weighted by atomic mass is 10.1. The monoisotopic (exact) mass is 287 g/mol. The van der Waals surface area contributed by atoms with E-state index in [9.17, 15) is 0 Å². The highest BCUT2D eigenvalue weighted by atomic mass is 15.3. The summed E-state index contributed by atoms with van der Waals surface area (Å²) in [7, 11) is 0. The molecule has 1 aliphatic heterocycles. The number of hydrogen-bond acceptors (Lipinski definition) is 3. The first-order valence-corrected chi connectivity index (χ1v) is 8.59. The van der Waals surface area contributed by atoms with Crippen molar-refractivity contribution in [3.8, 4) is 0 Å². The number of rotatable bonds is 7. The average Bonchev–Trinajstić information content (AvgIpc) is 3.32. The van der Waals surface area contributed by atoms with E-state index in [2.05, 4.69) is 46.3 Å². The Morgan fingerprint density at radius 2 is 1.76 bits per heavy atom. The van der Waals surface area contributed by atoms with Crippen molar-refractivity contribution in [1.29, 1.82) is 0 Å². The largest absolute Gasteiger partial charge is 0.310 e. The summed E-state index contributed by atoms with van der Waals surface area (Å²) in [5.41, 5.74) is 2.90. The van der Waals surface area contributed by atoms with Crippen LogP contribution in [0.4, 0.5) is 0 Å². The molecule has 2 aliphatic rings. The molecule has 1 saturated heterocycles. The van der Waals surface area contributed by atoms with Crippen LogP contribution in [0.5, 0.6) is 0 Å². The summed E-state index contributed by atoms with van der Waals surface area (Å²) in [6, 6.07) is 9.91. The minimum absolute atomic E-state index is 0.792. The highest BCUT2D eigenvalue weighted by Crippen LogP contribution is 2.19. The van der Waals surface area contributed by atoms with E-state index in [0.717, 1.165) is 19.1 Å². The minimum atomic E-state index is 0.792. The minimum Gasteiger partial charge on any atom is -0.310 e. The Kier molecular flexibility index (Phi) is 5.28. The summed E-state index contributed by atoms with van der Waals surface area (Å²) < 4.78 is 0. The van der Waals surface area contributed by atoms with Gasteiger partial charge in [0.25, 0.3) is 0 Å².